The van der Waals surface area contributed by atoms with Crippen molar-refractivity contribution >= 4 is 0 Å². The quantitative estimate of drug-likeness (QED) is 0.693. The summed E-state index contributed by atoms with van der Waals surface area (Å²) in [6, 6.07) is 0. The Morgan fingerprint density at radius 3 is 1.00 bits per heavy atom. The van der Waals surface area contributed by atoms with Crippen LogP contribution >= 0.6 is 0 Å². The van der Waals surface area contributed by atoms with E-state index in [1.807, 2.05) is 0 Å². The van der Waals surface area contributed by atoms with Gasteiger partial charge in [-0.1, -0.05) is 14.9 Å². The number of hydrogen-bond acceptors (Lipinski definition) is 4. The van der Waals surface area contributed by atoms with Gasteiger partial charge in [0.1, 0.15) is 13.6 Å². The van der Waals surface area contributed by atoms with Crippen molar-refractivity contribution in [2.75, 3.05) is 27.8 Å². The van der Waals surface area contributed by atoms with E-state index in [0.717, 1.165) is 0 Å². The zero-order valence-electron chi connectivity index (χ0n) is 5.70. The van der Waals surface area contributed by atoms with Gasteiger partial charge in [0.25, 0.3) is 0 Å². The maximum Gasteiger partial charge on any atom is 0.143 e. The summed E-state index contributed by atoms with van der Waals surface area (Å²) in [6.07, 6.45) is 0. The summed E-state index contributed by atoms with van der Waals surface area (Å²) >= 11 is 0. The van der Waals surface area contributed by atoms with E-state index in [1.165, 1.54) is 14.2 Å². The second kappa shape index (κ2) is 44.3. The number of hydrogen-bond donors (Lipinski definition) is 2. The largest absolute Gasteiger partial charge is 0.371 e. The molecule has 0 bridgehead atoms. The first-order chi connectivity index (χ1) is 3.83. The van der Waals surface area contributed by atoms with Gasteiger partial charge in [-0.15, -0.1) is 0 Å². The van der Waals surface area contributed by atoms with Crippen molar-refractivity contribution < 1.29 is 52.4 Å². The molecule has 0 amide bonds. The van der Waals surface area contributed by atoms with Crippen molar-refractivity contribution in [2.24, 2.45) is 0 Å². The molecule has 11 heavy (non-hydrogen) atoms. The number of aliphatic hydroxyl groups excluding tert-OH is 2. The average Bonchev–Trinajstić information content (AvgIpc) is 1.88. The van der Waals surface area contributed by atoms with Gasteiger partial charge in [-0.05, 0) is 0 Å². The van der Waals surface area contributed by atoms with Crippen LogP contribution in [0.5, 0.6) is 0 Å². The average molecular weight is 245 g/mol. The smallest absolute Gasteiger partial charge is 0.143 e. The molecular weight excluding hydrogens is 225 g/mol. The Bertz CT molecular complexity index is 22.5. The summed E-state index contributed by atoms with van der Waals surface area (Å²) in [7, 11) is 2.86. The number of methoxy groups -OCH3 is 2. The Hall–Kier alpha value is 0.944. The Labute approximate surface area is 94.8 Å². The maximum atomic E-state index is 7.65. The molecule has 0 fully saturated rings. The Morgan fingerprint density at radius 1 is 0.909 bits per heavy atom. The number of ether oxygens (including phenoxy) is 2. The Morgan fingerprint density at radius 2 is 1.00 bits per heavy atom. The molecule has 0 aliphatic rings. The minimum absolute atomic E-state index is 0. The van der Waals surface area contributed by atoms with Gasteiger partial charge < -0.3 is 19.7 Å². The third-order valence-corrected chi connectivity index (χ3v) is 0.258. The first-order valence-corrected chi connectivity index (χ1v) is 2.03. The monoisotopic (exact) mass is 245 g/mol. The summed E-state index contributed by atoms with van der Waals surface area (Å²) in [5, 5.41) is 15.3. The molecule has 0 aromatic rings. The Balaban J connectivity index is -0.0000000171. The van der Waals surface area contributed by atoms with E-state index < -0.39 is 0 Å². The molecule has 5 heteroatoms. The van der Waals surface area contributed by atoms with Crippen LogP contribution in [0.4, 0.5) is 0 Å². The molecule has 0 unspecified atom stereocenters. The molecule has 0 heterocycles. The van der Waals surface area contributed by atoms with Crippen LogP contribution in [-0.4, -0.2) is 38.0 Å². The topological polar surface area (TPSA) is 58.9 Å². The standard InChI is InChI=1S/2C2H6O2.2CH4.Y/c2*1-4-2-3;;;/h2*3H,2H2,1H3;2*1H4;. The zero-order valence-corrected chi connectivity index (χ0v) is 8.54. The van der Waals surface area contributed by atoms with Crippen LogP contribution in [0.15, 0.2) is 0 Å². The van der Waals surface area contributed by atoms with Crippen molar-refractivity contribution in [2.45, 2.75) is 14.9 Å². The van der Waals surface area contributed by atoms with E-state index in [9.17, 15) is 0 Å². The summed E-state index contributed by atoms with van der Waals surface area (Å²) in [4.78, 5) is 0. The molecule has 0 aliphatic carbocycles. The molecule has 0 aliphatic heterocycles. The first-order valence-electron chi connectivity index (χ1n) is 2.03. The van der Waals surface area contributed by atoms with E-state index in [1.54, 1.807) is 0 Å². The molecular formula is C6H20O4Y. The molecule has 71 valence electrons. The van der Waals surface area contributed by atoms with E-state index in [2.05, 4.69) is 9.47 Å². The predicted octanol–water partition coefficient (Wildman–Crippen LogP) is 0.435. The molecule has 0 spiro atoms. The second-order valence-corrected chi connectivity index (χ2v) is 0.836. The Kier molecular flexibility index (Phi) is 119. The fourth-order valence-corrected chi connectivity index (χ4v) is 0. The van der Waals surface area contributed by atoms with Crippen molar-refractivity contribution in [3.05, 3.63) is 0 Å². The molecule has 1 radical (unpaired) electrons. The molecule has 0 saturated carbocycles. The van der Waals surface area contributed by atoms with Gasteiger partial charge in [0.15, 0.2) is 0 Å². The minimum Gasteiger partial charge on any atom is -0.371 e. The van der Waals surface area contributed by atoms with Crippen molar-refractivity contribution in [3.8, 4) is 0 Å². The van der Waals surface area contributed by atoms with Gasteiger partial charge in [-0.25, -0.2) is 0 Å². The van der Waals surface area contributed by atoms with Crippen LogP contribution in [0.1, 0.15) is 14.9 Å². The van der Waals surface area contributed by atoms with Crippen LogP contribution in [0.2, 0.25) is 0 Å². The van der Waals surface area contributed by atoms with Crippen LogP contribution in [0.3, 0.4) is 0 Å². The van der Waals surface area contributed by atoms with Gasteiger partial charge in [0.05, 0.1) is 0 Å². The second-order valence-electron chi connectivity index (χ2n) is 0.836. The van der Waals surface area contributed by atoms with Gasteiger partial charge in [0.2, 0.25) is 0 Å². The summed E-state index contributed by atoms with van der Waals surface area (Å²) in [6.45, 7) is -0.361. The molecule has 0 atom stereocenters. The number of rotatable bonds is 2. The molecule has 4 nitrogen and oxygen atoms in total. The third-order valence-electron chi connectivity index (χ3n) is 0.258. The van der Waals surface area contributed by atoms with Gasteiger partial charge in [0, 0.05) is 46.9 Å². The van der Waals surface area contributed by atoms with E-state index in [-0.39, 0.29) is 61.1 Å². The fourth-order valence-electron chi connectivity index (χ4n) is 0. The SMILES string of the molecule is C.C.COCO.COCO.[Y]. The summed E-state index contributed by atoms with van der Waals surface area (Å²) in [5.74, 6) is 0. The summed E-state index contributed by atoms with van der Waals surface area (Å²) in [5.41, 5.74) is 0. The van der Waals surface area contributed by atoms with Gasteiger partial charge in [-0.2, -0.15) is 0 Å². The summed E-state index contributed by atoms with van der Waals surface area (Å²) < 4.78 is 8.19. The van der Waals surface area contributed by atoms with Crippen molar-refractivity contribution in [3.63, 3.8) is 0 Å². The zero-order chi connectivity index (χ0) is 6.83. The van der Waals surface area contributed by atoms with E-state index in [0.29, 0.717) is 0 Å². The first kappa shape index (κ1) is 29.7. The van der Waals surface area contributed by atoms with E-state index >= 15 is 0 Å². The molecule has 0 rings (SSSR count). The fraction of sp³-hybridized carbons (Fsp3) is 1.00. The predicted molar refractivity (Wildman–Crippen MR) is 41.7 cm³/mol. The van der Waals surface area contributed by atoms with Crippen LogP contribution in [0.25, 0.3) is 0 Å². The minimum atomic E-state index is -0.181. The van der Waals surface area contributed by atoms with Crippen LogP contribution in [-0.2, 0) is 42.2 Å². The number of aliphatic hydroxyl groups is 2. The normalized spacial score (nSPS) is 5.45. The molecule has 0 aromatic carbocycles. The van der Waals surface area contributed by atoms with Crippen molar-refractivity contribution in [1.82, 2.24) is 0 Å². The molecule has 2 N–H and O–H groups in total. The van der Waals surface area contributed by atoms with Gasteiger partial charge >= 0.3 is 0 Å². The molecule has 0 aromatic heterocycles. The van der Waals surface area contributed by atoms with Crippen LogP contribution in [0, 0.1) is 0 Å². The van der Waals surface area contributed by atoms with Gasteiger partial charge in [-0.3, -0.25) is 0 Å². The third kappa shape index (κ3) is 101. The van der Waals surface area contributed by atoms with Crippen molar-refractivity contribution in [1.29, 1.82) is 0 Å². The van der Waals surface area contributed by atoms with E-state index in [4.69, 9.17) is 10.2 Å². The maximum absolute atomic E-state index is 7.65. The van der Waals surface area contributed by atoms with Crippen LogP contribution < -0.4 is 0 Å². The molecule has 0 saturated heterocycles.